The van der Waals surface area contributed by atoms with Crippen molar-refractivity contribution >= 4 is 37.2 Å². The SMILES string of the molecule is C[Se]c1ccc(C(=O)/C=C/c2cc(C)c(OC(C)(C)C(=O)OC(C)(C)C)c(C)c2)cc1. The van der Waals surface area contributed by atoms with Crippen LogP contribution in [0.4, 0.5) is 0 Å². The fourth-order valence-electron chi connectivity index (χ4n) is 2.96. The van der Waals surface area contributed by atoms with Crippen LogP contribution in [0.1, 0.15) is 61.7 Å². The van der Waals surface area contributed by atoms with Crippen LogP contribution < -0.4 is 9.20 Å². The number of esters is 1. The molecule has 0 radical (unpaired) electrons. The van der Waals surface area contributed by atoms with E-state index in [9.17, 15) is 9.59 Å². The number of hydrogen-bond acceptors (Lipinski definition) is 4. The Morgan fingerprint density at radius 3 is 1.97 bits per heavy atom. The number of aryl methyl sites for hydroxylation is 2. The number of ketones is 1. The van der Waals surface area contributed by atoms with Gasteiger partial charge in [0.1, 0.15) is 5.60 Å². The van der Waals surface area contributed by atoms with Gasteiger partial charge in [0.25, 0.3) is 0 Å². The van der Waals surface area contributed by atoms with Gasteiger partial charge in [0.05, 0.1) is 0 Å². The van der Waals surface area contributed by atoms with E-state index in [1.165, 1.54) is 4.46 Å². The van der Waals surface area contributed by atoms with Gasteiger partial charge in [-0.15, -0.1) is 0 Å². The summed E-state index contributed by atoms with van der Waals surface area (Å²) in [7, 11) is 0. The molecule has 2 aromatic rings. The first-order valence-corrected chi connectivity index (χ1v) is 12.8. The van der Waals surface area contributed by atoms with Crippen LogP contribution in [0.25, 0.3) is 6.08 Å². The summed E-state index contributed by atoms with van der Waals surface area (Å²) in [4.78, 5) is 25.0. The number of benzene rings is 2. The molecule has 0 aliphatic heterocycles. The van der Waals surface area contributed by atoms with Crippen molar-refractivity contribution in [1.29, 1.82) is 0 Å². The standard InChI is InChI=1S/C26H32O4Se/c1-17-15-19(9-14-22(27)20-10-12-21(31-8)13-11-20)16-18(2)23(17)29-26(6,7)24(28)30-25(3,4)5/h9-16H,1-8H3/b14-9+. The molecule has 0 aromatic heterocycles. The van der Waals surface area contributed by atoms with Crippen molar-refractivity contribution in [3.8, 4) is 5.75 Å². The normalized spacial score (nSPS) is 12.1. The summed E-state index contributed by atoms with van der Waals surface area (Å²) in [6.45, 7) is 12.8. The molecule has 2 rings (SSSR count). The minimum absolute atomic E-state index is 0.0307. The van der Waals surface area contributed by atoms with E-state index < -0.39 is 17.2 Å². The Morgan fingerprint density at radius 1 is 0.935 bits per heavy atom. The van der Waals surface area contributed by atoms with Gasteiger partial charge in [-0.3, -0.25) is 0 Å². The zero-order chi connectivity index (χ0) is 23.4. The summed E-state index contributed by atoms with van der Waals surface area (Å²) >= 11 is 0.425. The molecule has 0 aliphatic rings. The van der Waals surface area contributed by atoms with Gasteiger partial charge in [-0.2, -0.15) is 0 Å². The first-order valence-electron chi connectivity index (χ1n) is 10.2. The second-order valence-electron chi connectivity index (χ2n) is 9.02. The van der Waals surface area contributed by atoms with E-state index in [2.05, 4.69) is 5.82 Å². The van der Waals surface area contributed by atoms with Crippen molar-refractivity contribution in [3.63, 3.8) is 0 Å². The molecule has 0 saturated heterocycles. The van der Waals surface area contributed by atoms with Gasteiger partial charge < -0.3 is 4.74 Å². The van der Waals surface area contributed by atoms with E-state index in [1.54, 1.807) is 19.9 Å². The molecule has 4 nitrogen and oxygen atoms in total. The molecule has 0 bridgehead atoms. The Kier molecular flexibility index (Phi) is 7.91. The molecular formula is C26H32O4Se. The molecule has 5 heteroatoms. The van der Waals surface area contributed by atoms with Crippen molar-refractivity contribution in [1.82, 2.24) is 0 Å². The Morgan fingerprint density at radius 2 is 1.48 bits per heavy atom. The van der Waals surface area contributed by atoms with Gasteiger partial charge in [0, 0.05) is 0 Å². The Balaban J connectivity index is 2.18. The molecule has 0 heterocycles. The third-order valence-corrected chi connectivity index (χ3v) is 6.09. The van der Waals surface area contributed by atoms with E-state index in [0.717, 1.165) is 16.7 Å². The number of rotatable bonds is 7. The van der Waals surface area contributed by atoms with Crippen molar-refractivity contribution in [2.75, 3.05) is 0 Å². The van der Waals surface area contributed by atoms with Crippen molar-refractivity contribution in [2.45, 2.75) is 65.5 Å². The first kappa shape index (κ1) is 24.9. The number of allylic oxidation sites excluding steroid dienone is 1. The van der Waals surface area contributed by atoms with Crippen LogP contribution in [0, 0.1) is 13.8 Å². The number of ether oxygens (including phenoxy) is 2. The first-order chi connectivity index (χ1) is 14.3. The summed E-state index contributed by atoms with van der Waals surface area (Å²) in [5.41, 5.74) is 1.65. The fraction of sp³-hybridized carbons (Fsp3) is 0.385. The summed E-state index contributed by atoms with van der Waals surface area (Å²) in [6, 6.07) is 11.7. The van der Waals surface area contributed by atoms with E-state index in [4.69, 9.17) is 9.47 Å². The summed E-state index contributed by atoms with van der Waals surface area (Å²) < 4.78 is 12.8. The molecule has 2 aromatic carbocycles. The maximum atomic E-state index is 12.5. The van der Waals surface area contributed by atoms with Crippen LogP contribution >= 0.6 is 0 Å². The third-order valence-electron chi connectivity index (χ3n) is 4.53. The van der Waals surface area contributed by atoms with Crippen molar-refractivity contribution in [2.24, 2.45) is 0 Å². The number of hydrogen-bond donors (Lipinski definition) is 0. The van der Waals surface area contributed by atoms with Gasteiger partial charge in [-0.05, 0) is 34.6 Å². The van der Waals surface area contributed by atoms with E-state index in [0.29, 0.717) is 26.3 Å². The van der Waals surface area contributed by atoms with Gasteiger partial charge in [-0.1, -0.05) is 0 Å². The van der Waals surface area contributed by atoms with Gasteiger partial charge in [0.2, 0.25) is 0 Å². The van der Waals surface area contributed by atoms with Crippen molar-refractivity contribution in [3.05, 3.63) is 64.7 Å². The Hall–Kier alpha value is -2.36. The number of carbonyl (C=O) groups is 2. The molecular weight excluding hydrogens is 455 g/mol. The predicted molar refractivity (Wildman–Crippen MR) is 128 cm³/mol. The molecule has 0 atom stereocenters. The average molecular weight is 487 g/mol. The second kappa shape index (κ2) is 9.84. The fourth-order valence-corrected chi connectivity index (χ4v) is 3.82. The van der Waals surface area contributed by atoms with Crippen LogP contribution in [0.3, 0.4) is 0 Å². The molecule has 166 valence electrons. The van der Waals surface area contributed by atoms with Crippen LogP contribution in [-0.2, 0) is 9.53 Å². The van der Waals surface area contributed by atoms with Crippen LogP contribution in [0.2, 0.25) is 5.82 Å². The monoisotopic (exact) mass is 488 g/mol. The predicted octanol–water partition coefficient (Wildman–Crippen LogP) is 5.08. The molecule has 0 amide bonds. The molecule has 31 heavy (non-hydrogen) atoms. The van der Waals surface area contributed by atoms with E-state index in [-0.39, 0.29) is 5.78 Å². The van der Waals surface area contributed by atoms with Crippen molar-refractivity contribution < 1.29 is 19.1 Å². The van der Waals surface area contributed by atoms with Gasteiger partial charge in [0.15, 0.2) is 5.60 Å². The summed E-state index contributed by atoms with van der Waals surface area (Å²) in [5, 5.41) is 0. The zero-order valence-corrected chi connectivity index (χ0v) is 21.4. The third kappa shape index (κ3) is 7.09. The molecule has 0 unspecified atom stereocenters. The molecule has 0 saturated carbocycles. The summed E-state index contributed by atoms with van der Waals surface area (Å²) in [6.07, 6.45) is 3.40. The molecule has 0 N–H and O–H groups in total. The van der Waals surface area contributed by atoms with Gasteiger partial charge in [-0.25, -0.2) is 4.79 Å². The zero-order valence-electron chi connectivity index (χ0n) is 19.7. The van der Waals surface area contributed by atoms with Gasteiger partial charge >= 0.3 is 137 Å². The Labute approximate surface area is 192 Å². The topological polar surface area (TPSA) is 52.6 Å². The van der Waals surface area contributed by atoms with Crippen LogP contribution in [-0.4, -0.2) is 37.9 Å². The molecule has 0 aliphatic carbocycles. The molecule has 0 fully saturated rings. The Bertz CT molecular complexity index is 956. The number of carbonyl (C=O) groups excluding carboxylic acids is 2. The van der Waals surface area contributed by atoms with E-state index >= 15 is 0 Å². The minimum atomic E-state index is -1.12. The van der Waals surface area contributed by atoms with E-state index in [1.807, 2.05) is 77.1 Å². The maximum absolute atomic E-state index is 12.5. The second-order valence-corrected chi connectivity index (χ2v) is 10.9. The van der Waals surface area contributed by atoms with Crippen LogP contribution in [0.5, 0.6) is 5.75 Å². The molecule has 0 spiro atoms. The summed E-state index contributed by atoms with van der Waals surface area (Å²) in [5.74, 6) is 2.35. The van der Waals surface area contributed by atoms with Crippen LogP contribution in [0.15, 0.2) is 42.5 Å². The quantitative estimate of drug-likeness (QED) is 0.237. The average Bonchev–Trinajstić information content (AvgIpc) is 2.67.